The molecule has 0 spiro atoms. The molecule has 2 rings (SSSR count). The lowest BCUT2D eigenvalue weighted by Gasteiger charge is -2.18. The van der Waals surface area contributed by atoms with Gasteiger partial charge in [0, 0.05) is 11.3 Å². The molecule has 5 nitrogen and oxygen atoms in total. The van der Waals surface area contributed by atoms with Crippen molar-refractivity contribution in [3.8, 4) is 0 Å². The molecular weight excluding hydrogens is 362 g/mol. The molecule has 0 saturated carbocycles. The van der Waals surface area contributed by atoms with Crippen LogP contribution in [0.2, 0.25) is 0 Å². The molecule has 0 fully saturated rings. The Morgan fingerprint density at radius 2 is 1.81 bits per heavy atom. The van der Waals surface area contributed by atoms with Crippen LogP contribution in [0, 0.1) is 6.92 Å². The summed E-state index contributed by atoms with van der Waals surface area (Å²) < 4.78 is 5.01. The second-order valence-electron chi connectivity index (χ2n) is 6.31. The quantitative estimate of drug-likeness (QED) is 0.489. The van der Waals surface area contributed by atoms with Crippen LogP contribution in [-0.4, -0.2) is 24.3 Å². The van der Waals surface area contributed by atoms with E-state index in [1.165, 1.54) is 11.3 Å². The molecule has 0 unspecified atom stereocenters. The Morgan fingerprint density at radius 3 is 2.44 bits per heavy atom. The molecule has 1 atom stereocenters. The number of rotatable bonds is 10. The lowest BCUT2D eigenvalue weighted by Crippen LogP contribution is -2.32. The molecule has 6 heteroatoms. The van der Waals surface area contributed by atoms with Crippen molar-refractivity contribution in [3.63, 3.8) is 0 Å². The van der Waals surface area contributed by atoms with Crippen LogP contribution < -0.4 is 5.32 Å². The zero-order chi connectivity index (χ0) is 19.6. The largest absolute Gasteiger partial charge is 0.456 e. The highest BCUT2D eigenvalue weighted by atomic mass is 32.1. The molecule has 1 heterocycles. The first kappa shape index (κ1) is 20.8. The number of esters is 1. The summed E-state index contributed by atoms with van der Waals surface area (Å²) in [6.07, 6.45) is 1.78. The van der Waals surface area contributed by atoms with Crippen LogP contribution >= 0.6 is 11.3 Å². The number of nitrogens with one attached hydrogen (secondary N) is 1. The van der Waals surface area contributed by atoms with Crippen molar-refractivity contribution < 1.29 is 19.1 Å². The maximum absolute atomic E-state index is 12.1. The number of ketones is 1. The maximum Gasteiger partial charge on any atom is 0.306 e. The highest BCUT2D eigenvalue weighted by molar-refractivity contribution is 7.14. The Labute approximate surface area is 163 Å². The number of hydrogen-bond acceptors (Lipinski definition) is 5. The summed E-state index contributed by atoms with van der Waals surface area (Å²) in [5, 5.41) is 2.90. The van der Waals surface area contributed by atoms with E-state index in [-0.39, 0.29) is 37.2 Å². The minimum Gasteiger partial charge on any atom is -0.456 e. The average molecular weight is 388 g/mol. The SMILES string of the molecule is CCC[C@@H](NC(=O)COC(=O)CCC(=O)c1ccc(C)s1)c1ccccc1. The van der Waals surface area contributed by atoms with Gasteiger partial charge in [-0.3, -0.25) is 14.4 Å². The van der Waals surface area contributed by atoms with Gasteiger partial charge in [-0.15, -0.1) is 11.3 Å². The zero-order valence-corrected chi connectivity index (χ0v) is 16.5. The second-order valence-corrected chi connectivity index (χ2v) is 7.60. The molecule has 1 aromatic carbocycles. The van der Waals surface area contributed by atoms with E-state index in [1.807, 2.05) is 50.2 Å². The minimum absolute atomic E-state index is 0.0276. The number of Topliss-reactive ketones (excluding diaryl/α,β-unsaturated/α-hetero) is 1. The van der Waals surface area contributed by atoms with Crippen LogP contribution in [0.25, 0.3) is 0 Å². The fourth-order valence-corrected chi connectivity index (χ4v) is 3.51. The number of carbonyl (C=O) groups is 3. The van der Waals surface area contributed by atoms with Crippen LogP contribution in [0.3, 0.4) is 0 Å². The van der Waals surface area contributed by atoms with E-state index in [9.17, 15) is 14.4 Å². The van der Waals surface area contributed by atoms with Gasteiger partial charge in [-0.2, -0.15) is 0 Å². The van der Waals surface area contributed by atoms with Crippen molar-refractivity contribution in [1.82, 2.24) is 5.32 Å². The van der Waals surface area contributed by atoms with Gasteiger partial charge in [0.05, 0.1) is 17.3 Å². The van der Waals surface area contributed by atoms with Crippen LogP contribution in [-0.2, 0) is 14.3 Å². The summed E-state index contributed by atoms with van der Waals surface area (Å²) in [5.74, 6) is -0.967. The van der Waals surface area contributed by atoms with Gasteiger partial charge in [-0.05, 0) is 31.0 Å². The van der Waals surface area contributed by atoms with Crippen molar-refractivity contribution in [1.29, 1.82) is 0 Å². The summed E-state index contributed by atoms with van der Waals surface area (Å²) in [5.41, 5.74) is 1.02. The third-order valence-electron chi connectivity index (χ3n) is 4.05. The molecule has 144 valence electrons. The lowest BCUT2D eigenvalue weighted by molar-refractivity contribution is -0.148. The van der Waals surface area contributed by atoms with Gasteiger partial charge in [-0.25, -0.2) is 0 Å². The monoisotopic (exact) mass is 387 g/mol. The summed E-state index contributed by atoms with van der Waals surface area (Å²) >= 11 is 1.41. The standard InChI is InChI=1S/C21H25NO4S/c1-3-7-17(16-8-5-4-6-9-16)22-20(24)14-26-21(25)13-11-18(23)19-12-10-15(2)27-19/h4-6,8-10,12,17H,3,7,11,13-14H2,1-2H3,(H,22,24)/t17-/m1/s1. The molecule has 1 aromatic heterocycles. The molecule has 2 aromatic rings. The predicted octanol–water partition coefficient (Wildman–Crippen LogP) is 4.22. The van der Waals surface area contributed by atoms with E-state index in [0.717, 1.165) is 23.3 Å². The van der Waals surface area contributed by atoms with E-state index in [1.54, 1.807) is 6.07 Å². The lowest BCUT2D eigenvalue weighted by atomic mass is 10.0. The van der Waals surface area contributed by atoms with Gasteiger partial charge < -0.3 is 10.1 Å². The highest BCUT2D eigenvalue weighted by Gasteiger charge is 2.16. The van der Waals surface area contributed by atoms with Crippen molar-refractivity contribution in [2.45, 2.75) is 45.6 Å². The Bertz CT molecular complexity index is 769. The molecule has 0 radical (unpaired) electrons. The van der Waals surface area contributed by atoms with E-state index in [0.29, 0.717) is 4.88 Å². The Kier molecular flexibility index (Phi) is 8.20. The maximum atomic E-state index is 12.1. The van der Waals surface area contributed by atoms with Crippen molar-refractivity contribution in [3.05, 3.63) is 57.8 Å². The molecule has 0 aliphatic carbocycles. The highest BCUT2D eigenvalue weighted by Crippen LogP contribution is 2.19. The first-order valence-electron chi connectivity index (χ1n) is 9.09. The van der Waals surface area contributed by atoms with E-state index in [4.69, 9.17) is 4.74 Å². The van der Waals surface area contributed by atoms with Gasteiger partial charge in [-0.1, -0.05) is 43.7 Å². The molecule has 27 heavy (non-hydrogen) atoms. The summed E-state index contributed by atoms with van der Waals surface area (Å²) in [6, 6.07) is 13.2. The smallest absolute Gasteiger partial charge is 0.306 e. The van der Waals surface area contributed by atoms with Gasteiger partial charge in [0.1, 0.15) is 0 Å². The zero-order valence-electron chi connectivity index (χ0n) is 15.7. The summed E-state index contributed by atoms with van der Waals surface area (Å²) in [7, 11) is 0. The molecule has 1 N–H and O–H groups in total. The van der Waals surface area contributed by atoms with Crippen molar-refractivity contribution in [2.24, 2.45) is 0 Å². The Hall–Kier alpha value is -2.47. The third kappa shape index (κ3) is 6.98. The number of thiophene rings is 1. The van der Waals surface area contributed by atoms with Crippen LogP contribution in [0.15, 0.2) is 42.5 Å². The van der Waals surface area contributed by atoms with Crippen LogP contribution in [0.5, 0.6) is 0 Å². The molecular formula is C21H25NO4S. The fourth-order valence-electron chi connectivity index (χ4n) is 2.67. The minimum atomic E-state index is -0.543. The molecule has 0 aliphatic rings. The average Bonchev–Trinajstić information content (AvgIpc) is 3.11. The molecule has 0 bridgehead atoms. The summed E-state index contributed by atoms with van der Waals surface area (Å²) in [4.78, 5) is 37.6. The van der Waals surface area contributed by atoms with Gasteiger partial charge in [0.15, 0.2) is 12.4 Å². The number of hydrogen-bond donors (Lipinski definition) is 1. The molecule has 0 saturated heterocycles. The molecule has 0 aliphatic heterocycles. The second kappa shape index (κ2) is 10.6. The first-order chi connectivity index (χ1) is 13.0. The third-order valence-corrected chi connectivity index (χ3v) is 5.09. The van der Waals surface area contributed by atoms with E-state index in [2.05, 4.69) is 5.32 Å². The van der Waals surface area contributed by atoms with Crippen LogP contribution in [0.4, 0.5) is 0 Å². The van der Waals surface area contributed by atoms with E-state index < -0.39 is 5.97 Å². The number of aryl methyl sites for hydroxylation is 1. The van der Waals surface area contributed by atoms with E-state index >= 15 is 0 Å². The van der Waals surface area contributed by atoms with Gasteiger partial charge >= 0.3 is 5.97 Å². The Morgan fingerprint density at radius 1 is 1.07 bits per heavy atom. The van der Waals surface area contributed by atoms with Gasteiger partial charge in [0.25, 0.3) is 5.91 Å². The number of benzene rings is 1. The predicted molar refractivity (Wildman–Crippen MR) is 106 cm³/mol. The number of carbonyl (C=O) groups excluding carboxylic acids is 3. The van der Waals surface area contributed by atoms with Gasteiger partial charge in [0.2, 0.25) is 0 Å². The number of ether oxygens (including phenoxy) is 1. The van der Waals surface area contributed by atoms with Crippen molar-refractivity contribution in [2.75, 3.05) is 6.61 Å². The van der Waals surface area contributed by atoms with Crippen LogP contribution in [0.1, 0.15) is 58.8 Å². The summed E-state index contributed by atoms with van der Waals surface area (Å²) in [6.45, 7) is 3.64. The molecule has 1 amide bonds. The number of amides is 1. The van der Waals surface area contributed by atoms with Crippen molar-refractivity contribution >= 4 is 29.0 Å². The first-order valence-corrected chi connectivity index (χ1v) is 9.90. The normalized spacial score (nSPS) is 11.6. The fraction of sp³-hybridized carbons (Fsp3) is 0.381. The topological polar surface area (TPSA) is 72.5 Å². The Balaban J connectivity index is 1.75.